The van der Waals surface area contributed by atoms with Crippen molar-refractivity contribution in [3.63, 3.8) is 0 Å². The number of pyridine rings is 1. The van der Waals surface area contributed by atoms with Gasteiger partial charge < -0.3 is 20.1 Å². The Kier molecular flexibility index (Phi) is 4.68. The number of hydrogen-bond donors (Lipinski definition) is 3. The fourth-order valence-corrected chi connectivity index (χ4v) is 4.94. The molecule has 29 heavy (non-hydrogen) atoms. The molecule has 1 aliphatic carbocycles. The number of aromatic carboxylic acids is 1. The molecular formula is C22H24N2O5. The Morgan fingerprint density at radius 2 is 1.97 bits per heavy atom. The normalized spacial score (nSPS) is 23.2. The molecule has 2 aliphatic rings. The van der Waals surface area contributed by atoms with E-state index in [0.29, 0.717) is 18.7 Å². The van der Waals surface area contributed by atoms with Gasteiger partial charge in [0.1, 0.15) is 5.56 Å². The molecule has 1 saturated heterocycles. The zero-order valence-corrected chi connectivity index (χ0v) is 16.3. The Morgan fingerprint density at radius 1 is 1.24 bits per heavy atom. The second kappa shape index (κ2) is 7.06. The molecule has 3 N–H and O–H groups in total. The standard InChI is InChI=1S/C22H24N2O5/c1-2-13-10-17(20(26)27)19(25)23-18(13)14-5-7-16(8-6-14)24-11-15-4-3-9-22(15,12-24)21(28)29/h5-8,10,15H,2-4,9,11-12H2,1H3,(H,23,25)(H,26,27)(H,28,29)/t15?,22-/m0/s1. The van der Waals surface area contributed by atoms with Gasteiger partial charge in [-0.2, -0.15) is 0 Å². The Morgan fingerprint density at radius 3 is 2.55 bits per heavy atom. The summed E-state index contributed by atoms with van der Waals surface area (Å²) in [6.07, 6.45) is 3.25. The first-order valence-corrected chi connectivity index (χ1v) is 9.94. The van der Waals surface area contributed by atoms with E-state index in [1.807, 2.05) is 31.2 Å². The van der Waals surface area contributed by atoms with Crippen molar-refractivity contribution in [2.24, 2.45) is 11.3 Å². The fraction of sp³-hybridized carbons (Fsp3) is 0.409. The molecule has 0 bridgehead atoms. The minimum absolute atomic E-state index is 0.186. The van der Waals surface area contributed by atoms with Crippen LogP contribution in [0, 0.1) is 11.3 Å². The third-order valence-corrected chi connectivity index (χ3v) is 6.55. The molecule has 1 aromatic carbocycles. The van der Waals surface area contributed by atoms with E-state index in [1.54, 1.807) is 0 Å². The maximum absolute atomic E-state index is 12.1. The average molecular weight is 396 g/mol. The van der Waals surface area contributed by atoms with Crippen molar-refractivity contribution in [2.75, 3.05) is 18.0 Å². The van der Waals surface area contributed by atoms with Crippen LogP contribution >= 0.6 is 0 Å². The van der Waals surface area contributed by atoms with Crippen molar-refractivity contribution in [3.05, 3.63) is 51.8 Å². The van der Waals surface area contributed by atoms with Crippen molar-refractivity contribution in [3.8, 4) is 11.3 Å². The minimum atomic E-state index is -1.24. The molecular weight excluding hydrogens is 372 g/mol. The number of aromatic nitrogens is 1. The first kappa shape index (κ1) is 19.2. The molecule has 152 valence electrons. The Hall–Kier alpha value is -3.09. The quantitative estimate of drug-likeness (QED) is 0.717. The summed E-state index contributed by atoms with van der Waals surface area (Å²) >= 11 is 0. The SMILES string of the molecule is CCc1cc(C(=O)O)c(=O)[nH]c1-c1ccc(N2CC3CCC[C@]3(C(=O)O)C2)cc1. The van der Waals surface area contributed by atoms with E-state index < -0.39 is 22.9 Å². The highest BCUT2D eigenvalue weighted by Gasteiger charge is 2.54. The number of anilines is 1. The zero-order chi connectivity index (χ0) is 20.8. The molecule has 4 rings (SSSR count). The van der Waals surface area contributed by atoms with Gasteiger partial charge in [-0.1, -0.05) is 25.5 Å². The van der Waals surface area contributed by atoms with Gasteiger partial charge in [0, 0.05) is 18.8 Å². The Bertz CT molecular complexity index is 1030. The molecule has 2 aromatic rings. The van der Waals surface area contributed by atoms with Gasteiger partial charge >= 0.3 is 11.9 Å². The van der Waals surface area contributed by atoms with Crippen molar-refractivity contribution in [2.45, 2.75) is 32.6 Å². The van der Waals surface area contributed by atoms with Crippen LogP contribution in [0.2, 0.25) is 0 Å². The largest absolute Gasteiger partial charge is 0.481 e. The van der Waals surface area contributed by atoms with Crippen LogP contribution in [-0.2, 0) is 11.2 Å². The summed E-state index contributed by atoms with van der Waals surface area (Å²) in [6, 6.07) is 9.09. The molecule has 1 saturated carbocycles. The van der Waals surface area contributed by atoms with E-state index >= 15 is 0 Å². The number of hydrogen-bond acceptors (Lipinski definition) is 4. The maximum Gasteiger partial charge on any atom is 0.341 e. The predicted molar refractivity (Wildman–Crippen MR) is 108 cm³/mol. The number of rotatable bonds is 5. The third-order valence-electron chi connectivity index (χ3n) is 6.55. The van der Waals surface area contributed by atoms with Gasteiger partial charge in [0.15, 0.2) is 0 Å². The zero-order valence-electron chi connectivity index (χ0n) is 16.3. The van der Waals surface area contributed by atoms with E-state index in [9.17, 15) is 19.5 Å². The molecule has 0 amide bonds. The van der Waals surface area contributed by atoms with Crippen LogP contribution in [0.5, 0.6) is 0 Å². The number of nitrogens with zero attached hydrogens (tertiary/aromatic N) is 1. The van der Waals surface area contributed by atoms with Crippen LogP contribution in [0.25, 0.3) is 11.3 Å². The van der Waals surface area contributed by atoms with Crippen LogP contribution in [-0.4, -0.2) is 40.2 Å². The lowest BCUT2D eigenvalue weighted by atomic mass is 9.81. The van der Waals surface area contributed by atoms with Gasteiger partial charge in [-0.15, -0.1) is 0 Å². The summed E-state index contributed by atoms with van der Waals surface area (Å²) < 4.78 is 0. The van der Waals surface area contributed by atoms with E-state index in [2.05, 4.69) is 9.88 Å². The Balaban J connectivity index is 1.63. The fourth-order valence-electron chi connectivity index (χ4n) is 4.94. The van der Waals surface area contributed by atoms with Crippen LogP contribution in [0.4, 0.5) is 5.69 Å². The lowest BCUT2D eigenvalue weighted by molar-refractivity contribution is -0.149. The van der Waals surface area contributed by atoms with Crippen LogP contribution in [0.3, 0.4) is 0 Å². The first-order valence-electron chi connectivity index (χ1n) is 9.94. The monoisotopic (exact) mass is 396 g/mol. The van der Waals surface area contributed by atoms with E-state index in [-0.39, 0.29) is 11.5 Å². The molecule has 1 aliphatic heterocycles. The number of nitrogens with one attached hydrogen (secondary N) is 1. The molecule has 2 heterocycles. The molecule has 1 aromatic heterocycles. The molecule has 7 nitrogen and oxygen atoms in total. The topological polar surface area (TPSA) is 111 Å². The molecule has 7 heteroatoms. The first-order chi connectivity index (χ1) is 13.9. The van der Waals surface area contributed by atoms with E-state index in [0.717, 1.165) is 42.6 Å². The minimum Gasteiger partial charge on any atom is -0.481 e. The summed E-state index contributed by atoms with van der Waals surface area (Å²) in [7, 11) is 0. The smallest absolute Gasteiger partial charge is 0.341 e. The number of H-pyrrole nitrogens is 1. The van der Waals surface area contributed by atoms with Crippen molar-refractivity contribution in [1.82, 2.24) is 4.98 Å². The van der Waals surface area contributed by atoms with Gasteiger partial charge in [-0.3, -0.25) is 9.59 Å². The number of aromatic amines is 1. The summed E-state index contributed by atoms with van der Waals surface area (Å²) in [5.74, 6) is -1.75. The summed E-state index contributed by atoms with van der Waals surface area (Å²) in [5, 5.41) is 18.9. The van der Waals surface area contributed by atoms with Crippen molar-refractivity contribution in [1.29, 1.82) is 0 Å². The van der Waals surface area contributed by atoms with Gasteiger partial charge in [-0.25, -0.2) is 4.79 Å². The highest BCUT2D eigenvalue weighted by molar-refractivity contribution is 5.88. The number of fused-ring (bicyclic) bond motifs is 1. The number of carboxylic acids is 2. The molecule has 2 atom stereocenters. The summed E-state index contributed by atoms with van der Waals surface area (Å²) in [6.45, 7) is 3.18. The molecule has 2 fully saturated rings. The second-order valence-corrected chi connectivity index (χ2v) is 8.05. The summed E-state index contributed by atoms with van der Waals surface area (Å²) in [5.41, 5.74) is 1.63. The van der Waals surface area contributed by atoms with Crippen LogP contribution in [0.15, 0.2) is 35.1 Å². The third kappa shape index (κ3) is 3.10. The van der Waals surface area contributed by atoms with Gasteiger partial charge in [-0.05, 0) is 54.5 Å². The van der Waals surface area contributed by atoms with Gasteiger partial charge in [0.2, 0.25) is 0 Å². The lowest BCUT2D eigenvalue weighted by Gasteiger charge is -2.24. The van der Waals surface area contributed by atoms with Gasteiger partial charge in [0.05, 0.1) is 11.1 Å². The number of carboxylic acid groups (broad SMARTS) is 2. The number of aryl methyl sites for hydroxylation is 1. The van der Waals surface area contributed by atoms with Gasteiger partial charge in [0.25, 0.3) is 5.56 Å². The lowest BCUT2D eigenvalue weighted by Crippen LogP contribution is -2.35. The average Bonchev–Trinajstić information content (AvgIpc) is 3.26. The van der Waals surface area contributed by atoms with Crippen LogP contribution < -0.4 is 10.5 Å². The van der Waals surface area contributed by atoms with E-state index in [4.69, 9.17) is 5.11 Å². The second-order valence-electron chi connectivity index (χ2n) is 8.05. The predicted octanol–water partition coefficient (Wildman–Crippen LogP) is 2.99. The highest BCUT2D eigenvalue weighted by atomic mass is 16.4. The number of carbonyl (C=O) groups is 2. The van der Waals surface area contributed by atoms with E-state index in [1.165, 1.54) is 6.07 Å². The van der Waals surface area contributed by atoms with Crippen LogP contribution in [0.1, 0.15) is 42.1 Å². The molecule has 0 spiro atoms. The van der Waals surface area contributed by atoms with Crippen molar-refractivity contribution >= 4 is 17.6 Å². The van der Waals surface area contributed by atoms with Crippen molar-refractivity contribution < 1.29 is 19.8 Å². The summed E-state index contributed by atoms with van der Waals surface area (Å²) in [4.78, 5) is 40.1. The number of aliphatic carboxylic acids is 1. The number of benzene rings is 1. The maximum atomic E-state index is 12.1. The Labute approximate surface area is 168 Å². The molecule has 1 unspecified atom stereocenters. The highest BCUT2D eigenvalue weighted by Crippen LogP contribution is 2.49. The molecule has 0 radical (unpaired) electrons.